The van der Waals surface area contributed by atoms with Crippen LogP contribution in [-0.2, 0) is 0 Å². The standard InChI is InChI=1S/C13H11NS/c1-8-3-2-4-10-11-7-9(14)5-6-12(11)15-13(8)10/h2-7H,14H2,1H3. The molecule has 2 heteroatoms. The van der Waals surface area contributed by atoms with Gasteiger partial charge in [0.2, 0.25) is 0 Å². The van der Waals surface area contributed by atoms with Crippen molar-refractivity contribution in [2.45, 2.75) is 6.92 Å². The Hall–Kier alpha value is -1.54. The van der Waals surface area contributed by atoms with Crippen LogP contribution in [0, 0.1) is 6.92 Å². The van der Waals surface area contributed by atoms with E-state index in [0.29, 0.717) is 0 Å². The topological polar surface area (TPSA) is 26.0 Å². The van der Waals surface area contributed by atoms with Gasteiger partial charge in [-0.05, 0) is 30.7 Å². The summed E-state index contributed by atoms with van der Waals surface area (Å²) in [5.41, 5.74) is 7.99. The molecule has 2 N–H and O–H groups in total. The molecule has 1 heterocycles. The number of nitrogens with two attached hydrogens (primary N) is 1. The van der Waals surface area contributed by atoms with Crippen molar-refractivity contribution in [1.82, 2.24) is 0 Å². The molecule has 0 fully saturated rings. The molecule has 0 aliphatic carbocycles. The molecule has 3 rings (SSSR count). The number of aryl methyl sites for hydroxylation is 1. The Balaban J connectivity index is 2.58. The summed E-state index contributed by atoms with van der Waals surface area (Å²) in [5.74, 6) is 0. The van der Waals surface area contributed by atoms with E-state index < -0.39 is 0 Å². The minimum absolute atomic E-state index is 0.837. The van der Waals surface area contributed by atoms with Gasteiger partial charge in [-0.1, -0.05) is 18.2 Å². The van der Waals surface area contributed by atoms with E-state index in [1.165, 1.54) is 25.7 Å². The van der Waals surface area contributed by atoms with Crippen molar-refractivity contribution in [2.24, 2.45) is 0 Å². The van der Waals surface area contributed by atoms with E-state index >= 15 is 0 Å². The Morgan fingerprint density at radius 2 is 1.93 bits per heavy atom. The summed E-state index contributed by atoms with van der Waals surface area (Å²) in [6.45, 7) is 2.15. The quantitative estimate of drug-likeness (QED) is 0.562. The molecule has 0 unspecified atom stereocenters. The van der Waals surface area contributed by atoms with Gasteiger partial charge in [0.25, 0.3) is 0 Å². The lowest BCUT2D eigenvalue weighted by atomic mass is 10.1. The predicted molar refractivity (Wildman–Crippen MR) is 68.5 cm³/mol. The lowest BCUT2D eigenvalue weighted by molar-refractivity contribution is 1.56. The molecule has 0 saturated heterocycles. The summed E-state index contributed by atoms with van der Waals surface area (Å²) in [7, 11) is 0. The first-order chi connectivity index (χ1) is 7.25. The second-order valence-electron chi connectivity index (χ2n) is 3.81. The maximum absolute atomic E-state index is 5.82. The van der Waals surface area contributed by atoms with E-state index in [0.717, 1.165) is 5.69 Å². The molecule has 74 valence electrons. The van der Waals surface area contributed by atoms with Crippen molar-refractivity contribution in [1.29, 1.82) is 0 Å². The monoisotopic (exact) mass is 213 g/mol. The number of hydrogen-bond acceptors (Lipinski definition) is 2. The van der Waals surface area contributed by atoms with Gasteiger partial charge in [-0.2, -0.15) is 0 Å². The smallest absolute Gasteiger partial charge is 0.0384 e. The van der Waals surface area contributed by atoms with Crippen molar-refractivity contribution < 1.29 is 0 Å². The molecular formula is C13H11NS. The molecule has 0 aliphatic rings. The minimum Gasteiger partial charge on any atom is -0.399 e. The van der Waals surface area contributed by atoms with Gasteiger partial charge in [0, 0.05) is 25.9 Å². The van der Waals surface area contributed by atoms with Crippen LogP contribution in [0.4, 0.5) is 5.69 Å². The second-order valence-corrected chi connectivity index (χ2v) is 4.86. The molecule has 15 heavy (non-hydrogen) atoms. The van der Waals surface area contributed by atoms with E-state index in [1.54, 1.807) is 0 Å². The lowest BCUT2D eigenvalue weighted by Gasteiger charge is -1.95. The molecule has 1 nitrogen and oxygen atoms in total. The van der Waals surface area contributed by atoms with Crippen molar-refractivity contribution in [3.8, 4) is 0 Å². The zero-order valence-corrected chi connectivity index (χ0v) is 9.27. The van der Waals surface area contributed by atoms with Crippen LogP contribution in [0.25, 0.3) is 20.2 Å². The maximum Gasteiger partial charge on any atom is 0.0384 e. The number of rotatable bonds is 0. The summed E-state index contributed by atoms with van der Waals surface area (Å²) in [6.07, 6.45) is 0. The van der Waals surface area contributed by atoms with Gasteiger partial charge in [-0.3, -0.25) is 0 Å². The molecule has 2 aromatic carbocycles. The Bertz CT molecular complexity index is 652. The largest absolute Gasteiger partial charge is 0.399 e. The Morgan fingerprint density at radius 1 is 1.07 bits per heavy atom. The average Bonchev–Trinajstić information content (AvgIpc) is 2.58. The number of hydrogen-bond donors (Lipinski definition) is 1. The van der Waals surface area contributed by atoms with Gasteiger partial charge in [0.1, 0.15) is 0 Å². The van der Waals surface area contributed by atoms with Crippen LogP contribution < -0.4 is 5.73 Å². The third-order valence-electron chi connectivity index (χ3n) is 2.72. The fraction of sp³-hybridized carbons (Fsp3) is 0.0769. The molecule has 0 radical (unpaired) electrons. The van der Waals surface area contributed by atoms with Crippen molar-refractivity contribution >= 4 is 37.2 Å². The lowest BCUT2D eigenvalue weighted by Crippen LogP contribution is -1.81. The number of anilines is 1. The number of thiophene rings is 1. The van der Waals surface area contributed by atoms with Gasteiger partial charge in [0.05, 0.1) is 0 Å². The second kappa shape index (κ2) is 2.97. The first-order valence-corrected chi connectivity index (χ1v) is 5.75. The zero-order chi connectivity index (χ0) is 10.4. The zero-order valence-electron chi connectivity index (χ0n) is 8.45. The fourth-order valence-corrected chi connectivity index (χ4v) is 3.11. The van der Waals surface area contributed by atoms with Gasteiger partial charge in [0.15, 0.2) is 0 Å². The molecule has 0 atom stereocenters. The van der Waals surface area contributed by atoms with Crippen molar-refractivity contribution in [3.63, 3.8) is 0 Å². The molecule has 0 bridgehead atoms. The van der Waals surface area contributed by atoms with E-state index in [4.69, 9.17) is 5.73 Å². The summed E-state index contributed by atoms with van der Waals surface area (Å²) in [5, 5.41) is 2.60. The maximum atomic E-state index is 5.82. The van der Waals surface area contributed by atoms with E-state index in [-0.39, 0.29) is 0 Å². The third-order valence-corrected chi connectivity index (χ3v) is 4.04. The molecule has 0 aliphatic heterocycles. The van der Waals surface area contributed by atoms with E-state index in [2.05, 4.69) is 37.3 Å². The highest BCUT2D eigenvalue weighted by molar-refractivity contribution is 7.26. The molecule has 1 aromatic heterocycles. The first kappa shape index (κ1) is 8.74. The SMILES string of the molecule is Cc1cccc2c1sc1ccc(N)cc12. The van der Waals surface area contributed by atoms with Crippen LogP contribution in [0.1, 0.15) is 5.56 Å². The molecule has 0 amide bonds. The molecule has 0 saturated carbocycles. The van der Waals surface area contributed by atoms with Gasteiger partial charge in [-0.15, -0.1) is 11.3 Å². The van der Waals surface area contributed by atoms with Gasteiger partial charge >= 0.3 is 0 Å². The van der Waals surface area contributed by atoms with Gasteiger partial charge in [-0.25, -0.2) is 0 Å². The van der Waals surface area contributed by atoms with Crippen LogP contribution in [0.3, 0.4) is 0 Å². The van der Waals surface area contributed by atoms with Crippen LogP contribution in [0.2, 0.25) is 0 Å². The third kappa shape index (κ3) is 1.22. The summed E-state index contributed by atoms with van der Waals surface area (Å²) in [4.78, 5) is 0. The summed E-state index contributed by atoms with van der Waals surface area (Å²) < 4.78 is 2.69. The molecule has 0 spiro atoms. The fourth-order valence-electron chi connectivity index (χ4n) is 1.96. The van der Waals surface area contributed by atoms with Crippen molar-refractivity contribution in [3.05, 3.63) is 42.0 Å². The normalized spacial score (nSPS) is 11.3. The molecular weight excluding hydrogens is 202 g/mol. The Kier molecular flexibility index (Phi) is 1.73. The van der Waals surface area contributed by atoms with Crippen molar-refractivity contribution in [2.75, 3.05) is 5.73 Å². The summed E-state index contributed by atoms with van der Waals surface area (Å²) in [6, 6.07) is 12.6. The highest BCUT2D eigenvalue weighted by Crippen LogP contribution is 2.36. The van der Waals surface area contributed by atoms with Crippen LogP contribution in [0.5, 0.6) is 0 Å². The van der Waals surface area contributed by atoms with Gasteiger partial charge < -0.3 is 5.73 Å². The average molecular weight is 213 g/mol. The van der Waals surface area contributed by atoms with Crippen LogP contribution >= 0.6 is 11.3 Å². The Labute approximate surface area is 92.1 Å². The highest BCUT2D eigenvalue weighted by atomic mass is 32.1. The number of fused-ring (bicyclic) bond motifs is 3. The van der Waals surface area contributed by atoms with Crippen LogP contribution in [0.15, 0.2) is 36.4 Å². The molecule has 3 aromatic rings. The van der Waals surface area contributed by atoms with E-state index in [9.17, 15) is 0 Å². The van der Waals surface area contributed by atoms with E-state index in [1.807, 2.05) is 17.4 Å². The Morgan fingerprint density at radius 3 is 2.80 bits per heavy atom. The highest BCUT2D eigenvalue weighted by Gasteiger charge is 2.06. The minimum atomic E-state index is 0.837. The predicted octanol–water partition coefficient (Wildman–Crippen LogP) is 3.95. The number of nitrogen functional groups attached to an aromatic ring is 1. The van der Waals surface area contributed by atoms with Crippen LogP contribution in [-0.4, -0.2) is 0 Å². The summed E-state index contributed by atoms with van der Waals surface area (Å²) >= 11 is 1.84. The first-order valence-electron chi connectivity index (χ1n) is 4.93. The number of benzene rings is 2.